The van der Waals surface area contributed by atoms with Gasteiger partial charge in [-0.05, 0) is 24.3 Å². The number of hydrogen-bond acceptors (Lipinski definition) is 4. The summed E-state index contributed by atoms with van der Waals surface area (Å²) in [6.45, 7) is 0. The summed E-state index contributed by atoms with van der Waals surface area (Å²) in [7, 11) is 0. The Kier molecular flexibility index (Phi) is 5.11. The van der Waals surface area contributed by atoms with E-state index in [4.69, 9.17) is 0 Å². The molecule has 0 aromatic carbocycles. The summed E-state index contributed by atoms with van der Waals surface area (Å²) in [5.41, 5.74) is 2.09. The Morgan fingerprint density at radius 2 is 1.57 bits per heavy atom. The normalized spacial score (nSPS) is 8.71. The van der Waals surface area contributed by atoms with Gasteiger partial charge in [-0.1, -0.05) is 6.07 Å². The molecule has 0 spiro atoms. The molecule has 0 fully saturated rings. The van der Waals surface area contributed by atoms with Crippen LogP contribution in [0.25, 0.3) is 11.3 Å². The molecule has 72 valence electrons. The molecule has 0 aliphatic heterocycles. The van der Waals surface area contributed by atoms with Crippen LogP contribution in [0, 0.1) is 0 Å². The third kappa shape index (κ3) is 3.05. The fraction of sp³-hybridized carbons (Fsp3) is 0. The molecule has 2 nitrogen and oxygen atoms in total. The maximum Gasteiger partial charge on any atom is 0.0703 e. The number of aromatic nitrogens is 2. The summed E-state index contributed by atoms with van der Waals surface area (Å²) in [5.74, 6) is 0. The predicted octanol–water partition coefficient (Wildman–Crippen LogP) is 2.90. The second-order valence-electron chi connectivity index (χ2n) is 2.45. The van der Waals surface area contributed by atoms with Gasteiger partial charge in [-0.2, -0.15) is 0 Å². The number of rotatable bonds is 1. The highest BCUT2D eigenvalue weighted by molar-refractivity contribution is 8.59. The van der Waals surface area contributed by atoms with Crippen LogP contribution in [0.5, 0.6) is 0 Å². The van der Waals surface area contributed by atoms with Crippen molar-refractivity contribution in [2.75, 3.05) is 0 Å². The summed E-state index contributed by atoms with van der Waals surface area (Å²) in [6.07, 6.45) is 5.32. The highest BCUT2D eigenvalue weighted by Gasteiger charge is 1.94. The van der Waals surface area contributed by atoms with Gasteiger partial charge in [-0.25, -0.2) is 0 Å². The monoisotopic (exact) mass is 222 g/mol. The molecule has 2 aromatic heterocycles. The first kappa shape index (κ1) is 11.1. The molecule has 2 aromatic rings. The predicted molar refractivity (Wildman–Crippen MR) is 65.4 cm³/mol. The van der Waals surface area contributed by atoms with Crippen LogP contribution in [0.15, 0.2) is 48.9 Å². The number of nitrogens with zero attached hydrogens (tertiary/aromatic N) is 2. The lowest BCUT2D eigenvalue weighted by Gasteiger charge is -1.96. The van der Waals surface area contributed by atoms with Gasteiger partial charge >= 0.3 is 0 Å². The number of hydrogen-bond donors (Lipinski definition) is 2. The summed E-state index contributed by atoms with van der Waals surface area (Å²) >= 11 is 6.44. The van der Waals surface area contributed by atoms with E-state index >= 15 is 0 Å². The zero-order valence-corrected chi connectivity index (χ0v) is 9.20. The van der Waals surface area contributed by atoms with E-state index in [1.165, 1.54) is 0 Å². The summed E-state index contributed by atoms with van der Waals surface area (Å²) in [5, 5.41) is 0. The van der Waals surface area contributed by atoms with Crippen molar-refractivity contribution in [1.29, 1.82) is 0 Å². The van der Waals surface area contributed by atoms with Gasteiger partial charge in [0.15, 0.2) is 0 Å². The van der Waals surface area contributed by atoms with Crippen molar-refractivity contribution < 1.29 is 0 Å². The Labute approximate surface area is 93.6 Å². The van der Waals surface area contributed by atoms with E-state index in [0.29, 0.717) is 0 Å². The van der Waals surface area contributed by atoms with Gasteiger partial charge in [0.1, 0.15) is 0 Å². The number of pyridine rings is 2. The highest BCUT2D eigenvalue weighted by atomic mass is 33.1. The second-order valence-corrected chi connectivity index (χ2v) is 2.45. The van der Waals surface area contributed by atoms with E-state index in [0.717, 1.165) is 11.3 Å². The molecule has 14 heavy (non-hydrogen) atoms. The van der Waals surface area contributed by atoms with Crippen LogP contribution < -0.4 is 0 Å². The Morgan fingerprint density at radius 3 is 2.14 bits per heavy atom. The van der Waals surface area contributed by atoms with Crippen LogP contribution in [0.3, 0.4) is 0 Å². The van der Waals surface area contributed by atoms with Crippen molar-refractivity contribution in [3.63, 3.8) is 0 Å². The fourth-order valence-electron chi connectivity index (χ4n) is 1.06. The van der Waals surface area contributed by atoms with Gasteiger partial charge in [0.25, 0.3) is 0 Å². The zero-order valence-electron chi connectivity index (χ0n) is 7.41. The smallest absolute Gasteiger partial charge is 0.0703 e. The quantitative estimate of drug-likeness (QED) is 0.573. The molecule has 4 heteroatoms. The lowest BCUT2D eigenvalue weighted by molar-refractivity contribution is 1.29. The first-order chi connectivity index (χ1) is 6.97. The Bertz CT molecular complexity index is 314. The first-order valence-corrected chi connectivity index (χ1v) is 5.58. The van der Waals surface area contributed by atoms with Gasteiger partial charge in [0.2, 0.25) is 0 Å². The summed E-state index contributed by atoms with van der Waals surface area (Å²) < 4.78 is 0. The first-order valence-electron chi connectivity index (χ1n) is 3.98. The second kappa shape index (κ2) is 6.45. The van der Waals surface area contributed by atoms with Crippen molar-refractivity contribution in [3.05, 3.63) is 48.9 Å². The van der Waals surface area contributed by atoms with Crippen molar-refractivity contribution in [3.8, 4) is 11.3 Å². The minimum absolute atomic E-state index is 0.986. The van der Waals surface area contributed by atoms with E-state index in [1.54, 1.807) is 18.6 Å². The van der Waals surface area contributed by atoms with E-state index < -0.39 is 0 Å². The highest BCUT2D eigenvalue weighted by Crippen LogP contribution is 2.13. The molecule has 0 N–H and O–H groups in total. The number of thiol groups is 2. The molecule has 0 bridgehead atoms. The zero-order chi connectivity index (χ0) is 10.2. The van der Waals surface area contributed by atoms with Crippen molar-refractivity contribution in [1.82, 2.24) is 9.97 Å². The van der Waals surface area contributed by atoms with E-state index in [9.17, 15) is 0 Å². The molecule has 0 unspecified atom stereocenters. The van der Waals surface area contributed by atoms with Crippen molar-refractivity contribution in [2.24, 2.45) is 0 Å². The largest absolute Gasteiger partial charge is 0.265 e. The topological polar surface area (TPSA) is 25.8 Å². The van der Waals surface area contributed by atoms with Gasteiger partial charge in [0.05, 0.1) is 5.69 Å². The lowest BCUT2D eigenvalue weighted by atomic mass is 10.2. The minimum Gasteiger partial charge on any atom is -0.265 e. The Morgan fingerprint density at radius 1 is 0.857 bits per heavy atom. The molecule has 2 heterocycles. The fourth-order valence-corrected chi connectivity index (χ4v) is 1.06. The van der Waals surface area contributed by atoms with E-state index in [2.05, 4.69) is 33.3 Å². The maximum absolute atomic E-state index is 4.22. The summed E-state index contributed by atoms with van der Waals surface area (Å²) in [4.78, 5) is 8.16. The standard InChI is InChI=1S/C10H8N2.H2S2/c1-2-6-12-10(3-1)9-4-7-11-8-5-9;1-2/h1-8H;1-2H. The molecular weight excluding hydrogens is 212 g/mol. The van der Waals surface area contributed by atoms with Crippen molar-refractivity contribution >= 4 is 23.3 Å². The average molecular weight is 222 g/mol. The molecule has 0 aliphatic rings. The van der Waals surface area contributed by atoms with Crippen molar-refractivity contribution in [2.45, 2.75) is 0 Å². The van der Waals surface area contributed by atoms with Crippen LogP contribution in [0.4, 0.5) is 0 Å². The molecule has 0 amide bonds. The minimum atomic E-state index is 0.986. The third-order valence-corrected chi connectivity index (χ3v) is 1.64. The average Bonchev–Trinajstić information content (AvgIpc) is 2.34. The van der Waals surface area contributed by atoms with Crippen LogP contribution in [0.2, 0.25) is 0 Å². The maximum atomic E-state index is 4.22. The molecule has 0 saturated heterocycles. The van der Waals surface area contributed by atoms with E-state index in [1.807, 2.05) is 30.3 Å². The van der Waals surface area contributed by atoms with Crippen LogP contribution in [-0.4, -0.2) is 9.97 Å². The van der Waals surface area contributed by atoms with Crippen LogP contribution >= 0.6 is 23.3 Å². The summed E-state index contributed by atoms with van der Waals surface area (Å²) in [6, 6.07) is 9.76. The third-order valence-electron chi connectivity index (χ3n) is 1.64. The Hall–Kier alpha value is -1.00. The molecular formula is C10H10N2S2. The molecule has 0 atom stereocenters. The van der Waals surface area contributed by atoms with Gasteiger partial charge in [-0.3, -0.25) is 9.97 Å². The molecule has 2 rings (SSSR count). The van der Waals surface area contributed by atoms with Gasteiger partial charge in [-0.15, -0.1) is 23.3 Å². The lowest BCUT2D eigenvalue weighted by Crippen LogP contribution is -1.80. The molecule has 0 aliphatic carbocycles. The Balaban J connectivity index is 0.000000461. The molecule has 0 radical (unpaired) electrons. The van der Waals surface area contributed by atoms with Gasteiger partial charge < -0.3 is 0 Å². The van der Waals surface area contributed by atoms with Crippen LogP contribution in [-0.2, 0) is 0 Å². The van der Waals surface area contributed by atoms with E-state index in [-0.39, 0.29) is 0 Å². The van der Waals surface area contributed by atoms with Gasteiger partial charge in [0, 0.05) is 24.2 Å². The van der Waals surface area contributed by atoms with Crippen LogP contribution in [0.1, 0.15) is 0 Å². The molecule has 0 saturated carbocycles. The SMILES string of the molecule is SS.c1ccc(-c2ccncc2)nc1.